The van der Waals surface area contributed by atoms with Crippen molar-refractivity contribution < 1.29 is 27.9 Å². The highest BCUT2D eigenvalue weighted by Gasteiger charge is 2.57. The Morgan fingerprint density at radius 2 is 1.98 bits per heavy atom. The van der Waals surface area contributed by atoms with Crippen molar-refractivity contribution >= 4 is 11.9 Å². The van der Waals surface area contributed by atoms with Gasteiger partial charge in [0.25, 0.3) is 0 Å². The molecule has 2 saturated carbocycles. The number of piperidine rings is 1. The zero-order valence-corrected chi connectivity index (χ0v) is 22.8. The van der Waals surface area contributed by atoms with E-state index in [9.17, 15) is 27.9 Å². The molecule has 214 valence electrons. The van der Waals surface area contributed by atoms with Gasteiger partial charge in [0.05, 0.1) is 16.5 Å². The van der Waals surface area contributed by atoms with Crippen LogP contribution in [0.3, 0.4) is 0 Å². The van der Waals surface area contributed by atoms with Crippen LogP contribution in [0.2, 0.25) is 0 Å². The minimum Gasteiger partial charge on any atom is -0.478 e. The standard InChI is InChI=1S/C31H36F3N3O3/c1-19-17-36(10-7-26(19)20-4-2-5-21(12-20)28(38)39)25-14-23-6-3-9-30(23,15-25)29(40)37-11-8-27-22(18-37)13-24(16-35-27)31(32,33)34/h2,4-5,12-13,16,19,23,25-26H,3,6-11,14-15,17-18H2,1H3,(H,38,39)/t19-,23-,25-,26-,30-/m1/s1. The average Bonchev–Trinajstić information content (AvgIpc) is 3.50. The third-order valence-corrected chi connectivity index (χ3v) is 10.2. The number of rotatable bonds is 4. The van der Waals surface area contributed by atoms with E-state index in [0.717, 1.165) is 63.4 Å². The molecule has 6 rings (SSSR count). The molecular formula is C31H36F3N3O3. The van der Waals surface area contributed by atoms with E-state index in [-0.39, 0.29) is 12.5 Å². The molecule has 2 aliphatic carbocycles. The molecule has 3 heterocycles. The lowest BCUT2D eigenvalue weighted by Crippen LogP contribution is -2.48. The van der Waals surface area contributed by atoms with E-state index in [1.165, 1.54) is 6.07 Å². The summed E-state index contributed by atoms with van der Waals surface area (Å²) >= 11 is 0. The molecule has 40 heavy (non-hydrogen) atoms. The minimum absolute atomic E-state index is 0.119. The molecule has 3 fully saturated rings. The fourth-order valence-corrected chi connectivity index (χ4v) is 8.21. The topological polar surface area (TPSA) is 73.7 Å². The van der Waals surface area contributed by atoms with Crippen LogP contribution in [0.25, 0.3) is 0 Å². The van der Waals surface area contributed by atoms with E-state index < -0.39 is 23.1 Å². The number of carboxylic acid groups (broad SMARTS) is 1. The summed E-state index contributed by atoms with van der Waals surface area (Å²) in [5.41, 5.74) is 1.39. The number of aromatic carboxylic acids is 1. The molecule has 0 spiro atoms. The van der Waals surface area contributed by atoms with Gasteiger partial charge in [0.1, 0.15) is 0 Å². The van der Waals surface area contributed by atoms with Crippen LogP contribution in [0.5, 0.6) is 0 Å². The number of amides is 1. The third kappa shape index (κ3) is 4.80. The van der Waals surface area contributed by atoms with Crippen LogP contribution < -0.4 is 0 Å². The van der Waals surface area contributed by atoms with Crippen LogP contribution in [0.15, 0.2) is 36.5 Å². The highest BCUT2D eigenvalue weighted by molar-refractivity contribution is 5.87. The maximum Gasteiger partial charge on any atom is 0.417 e. The van der Waals surface area contributed by atoms with Gasteiger partial charge in [0, 0.05) is 44.0 Å². The van der Waals surface area contributed by atoms with Gasteiger partial charge in [-0.15, -0.1) is 0 Å². The zero-order chi connectivity index (χ0) is 28.2. The number of benzene rings is 1. The van der Waals surface area contributed by atoms with Crippen LogP contribution in [-0.4, -0.2) is 57.4 Å². The first-order valence-corrected chi connectivity index (χ1v) is 14.5. The summed E-state index contributed by atoms with van der Waals surface area (Å²) in [5, 5.41) is 9.41. The molecule has 9 heteroatoms. The molecule has 4 aliphatic rings. The van der Waals surface area contributed by atoms with E-state index >= 15 is 0 Å². The van der Waals surface area contributed by atoms with Gasteiger partial charge < -0.3 is 14.9 Å². The van der Waals surface area contributed by atoms with Gasteiger partial charge in [0.2, 0.25) is 5.91 Å². The maximum atomic E-state index is 14.1. The second-order valence-electron chi connectivity index (χ2n) is 12.4. The molecule has 1 saturated heterocycles. The number of likely N-dealkylation sites (tertiary alicyclic amines) is 1. The Hall–Kier alpha value is -2.94. The Bertz CT molecular complexity index is 1310. The van der Waals surface area contributed by atoms with Crippen LogP contribution in [0, 0.1) is 17.3 Å². The van der Waals surface area contributed by atoms with E-state index in [1.807, 2.05) is 12.1 Å². The Morgan fingerprint density at radius 1 is 1.15 bits per heavy atom. The summed E-state index contributed by atoms with van der Waals surface area (Å²) in [5.74, 6) is 0.184. The van der Waals surface area contributed by atoms with Gasteiger partial charge >= 0.3 is 12.1 Å². The molecule has 2 aromatic rings. The average molecular weight is 556 g/mol. The van der Waals surface area contributed by atoms with Crippen molar-refractivity contribution in [3.05, 3.63) is 64.5 Å². The number of nitrogens with zero attached hydrogens (tertiary/aromatic N) is 3. The predicted octanol–water partition coefficient (Wildman–Crippen LogP) is 5.76. The maximum absolute atomic E-state index is 14.1. The van der Waals surface area contributed by atoms with E-state index in [0.29, 0.717) is 53.6 Å². The smallest absolute Gasteiger partial charge is 0.417 e. The van der Waals surface area contributed by atoms with Crippen molar-refractivity contribution in [2.24, 2.45) is 17.3 Å². The van der Waals surface area contributed by atoms with E-state index in [2.05, 4.69) is 16.8 Å². The summed E-state index contributed by atoms with van der Waals surface area (Å²) in [7, 11) is 0. The van der Waals surface area contributed by atoms with Gasteiger partial charge in [0.15, 0.2) is 0 Å². The highest BCUT2D eigenvalue weighted by Crippen LogP contribution is 2.57. The lowest BCUT2D eigenvalue weighted by Gasteiger charge is -2.41. The van der Waals surface area contributed by atoms with Crippen molar-refractivity contribution in [3.63, 3.8) is 0 Å². The first kappa shape index (κ1) is 27.2. The number of halogens is 3. The third-order valence-electron chi connectivity index (χ3n) is 10.2. The first-order chi connectivity index (χ1) is 19.0. The number of carboxylic acids is 1. The summed E-state index contributed by atoms with van der Waals surface area (Å²) < 4.78 is 39.9. The molecule has 6 nitrogen and oxygen atoms in total. The van der Waals surface area contributed by atoms with Crippen molar-refractivity contribution in [2.45, 2.75) is 76.6 Å². The number of pyridine rings is 1. The quantitative estimate of drug-likeness (QED) is 0.520. The van der Waals surface area contributed by atoms with Crippen LogP contribution in [0.1, 0.15) is 84.1 Å². The fourth-order valence-electron chi connectivity index (χ4n) is 8.21. The SMILES string of the molecule is C[C@@H]1CN([C@@H]2C[C@H]3CCC[C@@]3(C(=O)N3CCc4ncc(C(F)(F)F)cc4C3)C2)CC[C@H]1c1cccc(C(=O)O)c1. The number of carbonyl (C=O) groups excluding carboxylic acids is 1. The number of hydrogen-bond donors (Lipinski definition) is 1. The minimum atomic E-state index is -4.45. The van der Waals surface area contributed by atoms with Gasteiger partial charge in [-0.1, -0.05) is 25.5 Å². The normalized spacial score (nSPS) is 30.6. The number of aromatic nitrogens is 1. The number of alkyl halides is 3. The monoisotopic (exact) mass is 555 g/mol. The summed E-state index contributed by atoms with van der Waals surface area (Å²) in [4.78, 5) is 34.0. The van der Waals surface area contributed by atoms with Crippen LogP contribution in [-0.2, 0) is 23.9 Å². The van der Waals surface area contributed by atoms with Crippen LogP contribution in [0.4, 0.5) is 13.2 Å². The summed E-state index contributed by atoms with van der Waals surface area (Å²) in [6.07, 6.45) is 2.58. The number of hydrogen-bond acceptors (Lipinski definition) is 4. The highest BCUT2D eigenvalue weighted by atomic mass is 19.4. The van der Waals surface area contributed by atoms with E-state index in [4.69, 9.17) is 0 Å². The van der Waals surface area contributed by atoms with Crippen molar-refractivity contribution in [2.75, 3.05) is 19.6 Å². The molecule has 0 unspecified atom stereocenters. The second-order valence-corrected chi connectivity index (χ2v) is 12.4. The molecular weight excluding hydrogens is 519 g/mol. The van der Waals surface area contributed by atoms with Gasteiger partial charge in [-0.3, -0.25) is 9.78 Å². The Morgan fingerprint density at radius 3 is 2.73 bits per heavy atom. The lowest BCUT2D eigenvalue weighted by atomic mass is 9.78. The van der Waals surface area contributed by atoms with Gasteiger partial charge in [-0.2, -0.15) is 13.2 Å². The molecule has 0 bridgehead atoms. The Kier molecular flexibility index (Phi) is 6.92. The predicted molar refractivity (Wildman–Crippen MR) is 143 cm³/mol. The largest absolute Gasteiger partial charge is 0.478 e. The lowest BCUT2D eigenvalue weighted by molar-refractivity contribution is -0.144. The van der Waals surface area contributed by atoms with E-state index in [1.54, 1.807) is 17.0 Å². The van der Waals surface area contributed by atoms with Crippen molar-refractivity contribution in [1.29, 1.82) is 0 Å². The number of carbonyl (C=O) groups is 2. The molecule has 1 aromatic carbocycles. The van der Waals surface area contributed by atoms with Crippen LogP contribution >= 0.6 is 0 Å². The van der Waals surface area contributed by atoms with Gasteiger partial charge in [-0.05, 0) is 85.7 Å². The zero-order valence-electron chi connectivity index (χ0n) is 22.8. The van der Waals surface area contributed by atoms with Gasteiger partial charge in [-0.25, -0.2) is 4.79 Å². The Labute approximate surface area is 232 Å². The molecule has 2 aliphatic heterocycles. The van der Waals surface area contributed by atoms with Crippen molar-refractivity contribution in [3.8, 4) is 0 Å². The molecule has 5 atom stereocenters. The number of fused-ring (bicyclic) bond motifs is 2. The molecule has 0 radical (unpaired) electrons. The fraction of sp³-hybridized carbons (Fsp3) is 0.581. The van der Waals surface area contributed by atoms with Crippen molar-refractivity contribution in [1.82, 2.24) is 14.8 Å². The first-order valence-electron chi connectivity index (χ1n) is 14.5. The summed E-state index contributed by atoms with van der Waals surface area (Å²) in [6.45, 7) is 4.75. The summed E-state index contributed by atoms with van der Waals surface area (Å²) in [6, 6.07) is 8.77. The molecule has 1 aromatic heterocycles. The molecule has 1 amide bonds. The second kappa shape index (κ2) is 10.2. The molecule has 1 N–H and O–H groups in total. The Balaban J connectivity index is 1.15.